The molecule has 2 aliphatic carbocycles. The normalized spacial score (nSPS) is 26.8. The number of hydrogen-bond donors (Lipinski definition) is 1. The fourth-order valence-electron chi connectivity index (χ4n) is 4.49. The van der Waals surface area contributed by atoms with Crippen molar-refractivity contribution in [3.05, 3.63) is 67.8 Å². The molecule has 2 aromatic carbocycles. The third-order valence-corrected chi connectivity index (χ3v) is 13.3. The first-order valence-electron chi connectivity index (χ1n) is 9.73. The number of alkyl halides is 4. The van der Waals surface area contributed by atoms with E-state index >= 15 is 0 Å². The maximum absolute atomic E-state index is 15.0. The Morgan fingerprint density at radius 2 is 1.39 bits per heavy atom. The van der Waals surface area contributed by atoms with Crippen molar-refractivity contribution in [2.75, 3.05) is 0 Å². The van der Waals surface area contributed by atoms with Crippen LogP contribution in [0.25, 0.3) is 0 Å². The first-order chi connectivity index (χ1) is 14.5. The molecule has 2 aliphatic rings. The van der Waals surface area contributed by atoms with Gasteiger partial charge >= 0.3 is 186 Å². The van der Waals surface area contributed by atoms with Gasteiger partial charge in [0.25, 0.3) is 0 Å². The summed E-state index contributed by atoms with van der Waals surface area (Å²) in [5.41, 5.74) is 0. The molecule has 0 saturated heterocycles. The predicted octanol–water partition coefficient (Wildman–Crippen LogP) is 5.13. The van der Waals surface area contributed by atoms with Crippen molar-refractivity contribution >= 4 is 30.4 Å². The molecular weight excluding hydrogens is 551 g/mol. The Balaban J connectivity index is 1.67. The molecule has 1 N–H and O–H groups in total. The van der Waals surface area contributed by atoms with Crippen molar-refractivity contribution in [2.24, 2.45) is 17.8 Å². The van der Waals surface area contributed by atoms with Gasteiger partial charge < -0.3 is 0 Å². The second kappa shape index (κ2) is 8.27. The molecule has 0 spiro atoms. The van der Waals surface area contributed by atoms with Crippen molar-refractivity contribution in [1.82, 2.24) is 0 Å². The van der Waals surface area contributed by atoms with Gasteiger partial charge in [-0.1, -0.05) is 0 Å². The molecule has 4 rings (SSSR count). The second-order valence-electron chi connectivity index (χ2n) is 7.91. The summed E-state index contributed by atoms with van der Waals surface area (Å²) >= 11 is -3.48. The fourth-order valence-corrected chi connectivity index (χ4v) is 11.6. The molecule has 4 atom stereocenters. The molecule has 0 aliphatic heterocycles. The molecule has 31 heavy (non-hydrogen) atoms. The van der Waals surface area contributed by atoms with Gasteiger partial charge in [0.05, 0.1) is 0 Å². The van der Waals surface area contributed by atoms with E-state index in [1.54, 1.807) is 36.4 Å². The quantitative estimate of drug-likeness (QED) is 0.370. The zero-order valence-corrected chi connectivity index (χ0v) is 19.1. The average Bonchev–Trinajstić information content (AvgIpc) is 3.33. The van der Waals surface area contributed by atoms with E-state index in [0.717, 1.165) is 0 Å². The van der Waals surface area contributed by atoms with Crippen LogP contribution in [-0.2, 0) is 12.6 Å². The van der Waals surface area contributed by atoms with Gasteiger partial charge in [0, 0.05) is 0 Å². The predicted molar refractivity (Wildman–Crippen MR) is 115 cm³/mol. The van der Waals surface area contributed by atoms with Gasteiger partial charge in [0.2, 0.25) is 0 Å². The van der Waals surface area contributed by atoms with Crippen LogP contribution < -0.4 is 0 Å². The molecule has 4 nitrogen and oxygen atoms in total. The van der Waals surface area contributed by atoms with Gasteiger partial charge in [-0.05, 0) is 0 Å². The van der Waals surface area contributed by atoms with Crippen molar-refractivity contribution in [3.8, 4) is 0 Å². The molecule has 10 heteroatoms. The fraction of sp³-hybridized carbons (Fsp3) is 0.429. The second-order valence-corrected chi connectivity index (χ2v) is 14.4. The molecule has 2 bridgehead atoms. The van der Waals surface area contributed by atoms with Crippen LogP contribution in [0.2, 0.25) is 0 Å². The molecule has 2 aromatic rings. The first-order valence-corrected chi connectivity index (χ1v) is 14.2. The summed E-state index contributed by atoms with van der Waals surface area (Å²) in [4.78, 5) is 0. The summed E-state index contributed by atoms with van der Waals surface area (Å²) < 4.78 is 90.9. The van der Waals surface area contributed by atoms with E-state index in [0.29, 0.717) is 7.14 Å². The molecule has 0 aromatic heterocycles. The van der Waals surface area contributed by atoms with Crippen LogP contribution in [0.15, 0.2) is 60.7 Å². The number of aliphatic hydroxyl groups is 1. The van der Waals surface area contributed by atoms with Gasteiger partial charge in [-0.2, -0.15) is 0 Å². The minimum atomic E-state index is -5.98. The van der Waals surface area contributed by atoms with Gasteiger partial charge in [0.15, 0.2) is 0 Å². The Morgan fingerprint density at radius 3 is 1.84 bits per heavy atom. The molecule has 0 radical (unpaired) electrons. The standard InChI is InChI=1S/C21H21F4IO4S/c22-20(23,18-12-14-11-17(18)19(27)13-14)21(24,25)31(28,29)30-26(15-7-3-1-4-8-15)16-9-5-2-6-10-16/h1-10,14,17-19,27H,11-13H2. The van der Waals surface area contributed by atoms with E-state index in [1.165, 1.54) is 24.3 Å². The van der Waals surface area contributed by atoms with E-state index in [2.05, 4.69) is 0 Å². The maximum atomic E-state index is 15.0. The topological polar surface area (TPSA) is 63.6 Å². The average molecular weight is 572 g/mol. The summed E-state index contributed by atoms with van der Waals surface area (Å²) in [6.45, 7) is 0. The van der Waals surface area contributed by atoms with Crippen molar-refractivity contribution in [1.29, 1.82) is 0 Å². The van der Waals surface area contributed by atoms with Crippen LogP contribution >= 0.6 is 20.2 Å². The number of rotatable bonds is 7. The Bertz CT molecular complexity index is 981. The van der Waals surface area contributed by atoms with Gasteiger partial charge in [-0.3, -0.25) is 0 Å². The van der Waals surface area contributed by atoms with E-state index < -0.39 is 59.5 Å². The third kappa shape index (κ3) is 4.00. The molecule has 0 heterocycles. The summed E-state index contributed by atoms with van der Waals surface area (Å²) in [5, 5.41) is 4.49. The third-order valence-electron chi connectivity index (χ3n) is 5.95. The van der Waals surface area contributed by atoms with Crippen molar-refractivity contribution in [3.63, 3.8) is 0 Å². The number of benzene rings is 2. The van der Waals surface area contributed by atoms with Crippen LogP contribution in [0.1, 0.15) is 19.3 Å². The van der Waals surface area contributed by atoms with Crippen LogP contribution in [0.4, 0.5) is 17.6 Å². The van der Waals surface area contributed by atoms with Gasteiger partial charge in [-0.15, -0.1) is 0 Å². The molecule has 170 valence electrons. The summed E-state index contributed by atoms with van der Waals surface area (Å²) in [7, 11) is -5.98. The molecule has 0 amide bonds. The summed E-state index contributed by atoms with van der Waals surface area (Å²) in [6, 6.07) is 15.9. The van der Waals surface area contributed by atoms with Crippen molar-refractivity contribution in [2.45, 2.75) is 36.5 Å². The molecule has 2 saturated carbocycles. The Kier molecular flexibility index (Phi) is 6.12. The summed E-state index contributed by atoms with van der Waals surface area (Å²) in [6.07, 6.45) is -0.875. The Labute approximate surface area is 185 Å². The van der Waals surface area contributed by atoms with E-state index in [-0.39, 0.29) is 25.2 Å². The van der Waals surface area contributed by atoms with Gasteiger partial charge in [0.1, 0.15) is 0 Å². The number of halogens is 5. The van der Waals surface area contributed by atoms with Crippen LogP contribution in [0.5, 0.6) is 0 Å². The van der Waals surface area contributed by atoms with E-state index in [9.17, 15) is 31.1 Å². The number of aliphatic hydroxyl groups excluding tert-OH is 1. The van der Waals surface area contributed by atoms with Crippen LogP contribution in [0.3, 0.4) is 0 Å². The number of hydrogen-bond acceptors (Lipinski definition) is 4. The van der Waals surface area contributed by atoms with Crippen LogP contribution in [-0.4, -0.2) is 30.8 Å². The van der Waals surface area contributed by atoms with Crippen LogP contribution in [0, 0.1) is 24.9 Å². The number of fused-ring (bicyclic) bond motifs is 2. The molecule has 2 fully saturated rings. The minimum absolute atomic E-state index is 0.199. The van der Waals surface area contributed by atoms with Gasteiger partial charge in [-0.25, -0.2) is 0 Å². The first kappa shape index (κ1) is 22.9. The van der Waals surface area contributed by atoms with E-state index in [1.807, 2.05) is 0 Å². The zero-order chi connectivity index (χ0) is 22.4. The monoisotopic (exact) mass is 572 g/mol. The molecular formula is C21H21F4IO4S. The molecule has 4 unspecified atom stereocenters. The Morgan fingerprint density at radius 1 is 0.871 bits per heavy atom. The zero-order valence-electron chi connectivity index (χ0n) is 16.2. The summed E-state index contributed by atoms with van der Waals surface area (Å²) in [5.74, 6) is -8.11. The van der Waals surface area contributed by atoms with E-state index in [4.69, 9.17) is 2.51 Å². The Hall–Kier alpha value is -1.24. The SMILES string of the molecule is O=S(=O)(OI(c1ccccc1)c1ccccc1)C(F)(F)C(F)(F)C1CC2CC(O)C1C2. The van der Waals surface area contributed by atoms with Crippen molar-refractivity contribution < 1.29 is 33.6 Å².